The van der Waals surface area contributed by atoms with Gasteiger partial charge in [0.25, 0.3) is 0 Å². The number of ether oxygens (including phenoxy) is 1. The van der Waals surface area contributed by atoms with Crippen LogP contribution in [0.1, 0.15) is 16.1 Å². The van der Waals surface area contributed by atoms with Gasteiger partial charge < -0.3 is 19.6 Å². The summed E-state index contributed by atoms with van der Waals surface area (Å²) in [5.41, 5.74) is 0.701. The summed E-state index contributed by atoms with van der Waals surface area (Å²) in [6.07, 6.45) is 1.31. The van der Waals surface area contributed by atoms with E-state index in [9.17, 15) is 9.18 Å². The van der Waals surface area contributed by atoms with Crippen LogP contribution < -0.4 is 10.1 Å². The molecule has 2 N–H and O–H groups in total. The molecule has 0 aliphatic heterocycles. The number of hydrogen-bond acceptors (Lipinski definition) is 4. The average molecular weight is 265 g/mol. The third kappa shape index (κ3) is 2.85. The summed E-state index contributed by atoms with van der Waals surface area (Å²) in [6.45, 7) is 0.184. The molecule has 0 aliphatic rings. The normalized spacial score (nSPS) is 10.2. The van der Waals surface area contributed by atoms with Gasteiger partial charge in [-0.2, -0.15) is 0 Å². The first-order chi connectivity index (χ1) is 9.11. The van der Waals surface area contributed by atoms with Crippen molar-refractivity contribution < 1.29 is 23.4 Å². The van der Waals surface area contributed by atoms with Crippen LogP contribution in [0.5, 0.6) is 5.75 Å². The number of furan rings is 1. The van der Waals surface area contributed by atoms with Gasteiger partial charge in [0.1, 0.15) is 11.3 Å². The van der Waals surface area contributed by atoms with E-state index in [0.29, 0.717) is 11.4 Å². The number of carboxylic acids is 1. The highest BCUT2D eigenvalue weighted by atomic mass is 19.1. The van der Waals surface area contributed by atoms with Crippen LogP contribution in [-0.4, -0.2) is 18.2 Å². The zero-order valence-electron chi connectivity index (χ0n) is 10.1. The standard InChI is InChI=1S/C13H12FNO4/c1-18-11-6-8(2-3-10(11)14)15-7-12-9(13(16)17)4-5-19-12/h2-6,15H,7H2,1H3,(H,16,17). The Bertz CT molecular complexity index is 594. The molecule has 100 valence electrons. The Morgan fingerprint density at radius 1 is 1.47 bits per heavy atom. The molecular weight excluding hydrogens is 253 g/mol. The monoisotopic (exact) mass is 265 g/mol. The Hall–Kier alpha value is -2.50. The number of anilines is 1. The molecular formula is C13H12FNO4. The van der Waals surface area contributed by atoms with Gasteiger partial charge in [-0.3, -0.25) is 0 Å². The molecule has 1 aromatic heterocycles. The summed E-state index contributed by atoms with van der Waals surface area (Å²) < 4.78 is 23.1. The third-order valence-corrected chi connectivity index (χ3v) is 2.58. The molecule has 0 radical (unpaired) electrons. The molecule has 0 bridgehead atoms. The lowest BCUT2D eigenvalue weighted by Gasteiger charge is -2.08. The molecule has 0 saturated heterocycles. The molecule has 6 heteroatoms. The number of nitrogens with one attached hydrogen (secondary N) is 1. The number of halogens is 1. The molecule has 5 nitrogen and oxygen atoms in total. The number of carboxylic acid groups (broad SMARTS) is 1. The topological polar surface area (TPSA) is 71.7 Å². The fourth-order valence-corrected chi connectivity index (χ4v) is 1.62. The van der Waals surface area contributed by atoms with Crippen molar-refractivity contribution in [3.8, 4) is 5.75 Å². The lowest BCUT2D eigenvalue weighted by atomic mass is 10.2. The van der Waals surface area contributed by atoms with Crippen molar-refractivity contribution in [1.82, 2.24) is 0 Å². The van der Waals surface area contributed by atoms with Gasteiger partial charge in [-0.1, -0.05) is 0 Å². The number of aromatic carboxylic acids is 1. The van der Waals surface area contributed by atoms with Crippen LogP contribution in [-0.2, 0) is 6.54 Å². The lowest BCUT2D eigenvalue weighted by Crippen LogP contribution is -2.05. The molecule has 1 aromatic carbocycles. The highest BCUT2D eigenvalue weighted by molar-refractivity contribution is 5.88. The maximum absolute atomic E-state index is 13.2. The van der Waals surface area contributed by atoms with E-state index in [4.69, 9.17) is 14.3 Å². The molecule has 0 amide bonds. The molecule has 0 unspecified atom stereocenters. The van der Waals surface area contributed by atoms with Crippen LogP contribution in [0.3, 0.4) is 0 Å². The van der Waals surface area contributed by atoms with E-state index in [-0.39, 0.29) is 17.9 Å². The van der Waals surface area contributed by atoms with Crippen LogP contribution in [0.2, 0.25) is 0 Å². The number of hydrogen-bond donors (Lipinski definition) is 2. The van der Waals surface area contributed by atoms with Crippen LogP contribution in [0.15, 0.2) is 34.9 Å². The quantitative estimate of drug-likeness (QED) is 0.869. The predicted molar refractivity (Wildman–Crippen MR) is 65.9 cm³/mol. The largest absolute Gasteiger partial charge is 0.494 e. The van der Waals surface area contributed by atoms with E-state index in [1.165, 1.54) is 37.6 Å². The van der Waals surface area contributed by atoms with Gasteiger partial charge in [0, 0.05) is 11.8 Å². The minimum Gasteiger partial charge on any atom is -0.494 e. The summed E-state index contributed by atoms with van der Waals surface area (Å²) in [5.74, 6) is -1.10. The molecule has 2 rings (SSSR count). The Balaban J connectivity index is 2.10. The molecule has 1 heterocycles. The van der Waals surface area contributed by atoms with Crippen molar-refractivity contribution in [2.24, 2.45) is 0 Å². The number of rotatable bonds is 5. The Morgan fingerprint density at radius 3 is 2.95 bits per heavy atom. The summed E-state index contributed by atoms with van der Waals surface area (Å²) in [5, 5.41) is 11.9. The van der Waals surface area contributed by atoms with E-state index >= 15 is 0 Å². The first-order valence-corrected chi connectivity index (χ1v) is 5.49. The second-order valence-electron chi connectivity index (χ2n) is 3.77. The Kier molecular flexibility index (Phi) is 3.70. The second kappa shape index (κ2) is 5.43. The van der Waals surface area contributed by atoms with E-state index < -0.39 is 11.8 Å². The fraction of sp³-hybridized carbons (Fsp3) is 0.154. The van der Waals surface area contributed by atoms with Crippen LogP contribution in [0.25, 0.3) is 0 Å². The van der Waals surface area contributed by atoms with Gasteiger partial charge in [0.15, 0.2) is 11.6 Å². The summed E-state index contributed by atoms with van der Waals surface area (Å²) in [6, 6.07) is 5.66. The zero-order valence-corrected chi connectivity index (χ0v) is 10.1. The third-order valence-electron chi connectivity index (χ3n) is 2.58. The van der Waals surface area contributed by atoms with Crippen molar-refractivity contribution in [2.45, 2.75) is 6.54 Å². The fourth-order valence-electron chi connectivity index (χ4n) is 1.62. The minimum absolute atomic E-state index is 0.0987. The molecule has 0 fully saturated rings. The van der Waals surface area contributed by atoms with Gasteiger partial charge in [-0.15, -0.1) is 0 Å². The minimum atomic E-state index is -1.05. The second-order valence-corrected chi connectivity index (χ2v) is 3.77. The van der Waals surface area contributed by atoms with Crippen LogP contribution in [0, 0.1) is 5.82 Å². The predicted octanol–water partition coefficient (Wildman–Crippen LogP) is 2.74. The maximum atomic E-state index is 13.2. The Morgan fingerprint density at radius 2 is 2.26 bits per heavy atom. The van der Waals surface area contributed by atoms with Gasteiger partial charge in [-0.05, 0) is 18.2 Å². The highest BCUT2D eigenvalue weighted by Crippen LogP contribution is 2.22. The summed E-state index contributed by atoms with van der Waals surface area (Å²) in [4.78, 5) is 10.9. The van der Waals surface area contributed by atoms with E-state index in [1.54, 1.807) is 0 Å². The van der Waals surface area contributed by atoms with Crippen molar-refractivity contribution in [1.29, 1.82) is 0 Å². The molecule has 19 heavy (non-hydrogen) atoms. The number of carbonyl (C=O) groups is 1. The van der Waals surface area contributed by atoms with E-state index in [1.807, 2.05) is 0 Å². The first-order valence-electron chi connectivity index (χ1n) is 5.49. The smallest absolute Gasteiger partial charge is 0.339 e. The lowest BCUT2D eigenvalue weighted by molar-refractivity contribution is 0.0694. The number of benzene rings is 1. The van der Waals surface area contributed by atoms with Crippen molar-refractivity contribution >= 4 is 11.7 Å². The highest BCUT2D eigenvalue weighted by Gasteiger charge is 2.13. The molecule has 2 aromatic rings. The van der Waals surface area contributed by atoms with Crippen LogP contribution in [0.4, 0.5) is 10.1 Å². The van der Waals surface area contributed by atoms with Crippen LogP contribution >= 0.6 is 0 Å². The van der Waals surface area contributed by atoms with Crippen molar-refractivity contribution in [2.75, 3.05) is 12.4 Å². The first kappa shape index (κ1) is 12.9. The van der Waals surface area contributed by atoms with Crippen molar-refractivity contribution in [3.05, 3.63) is 47.7 Å². The number of methoxy groups -OCH3 is 1. The van der Waals surface area contributed by atoms with Gasteiger partial charge in [-0.25, -0.2) is 9.18 Å². The molecule has 0 saturated carbocycles. The molecule has 0 spiro atoms. The summed E-state index contributed by atoms with van der Waals surface area (Å²) in [7, 11) is 1.37. The molecule has 0 atom stereocenters. The van der Waals surface area contributed by atoms with Gasteiger partial charge >= 0.3 is 5.97 Å². The van der Waals surface area contributed by atoms with Crippen molar-refractivity contribution in [3.63, 3.8) is 0 Å². The molecule has 0 aliphatic carbocycles. The van der Waals surface area contributed by atoms with E-state index in [0.717, 1.165) is 0 Å². The SMILES string of the molecule is COc1cc(NCc2occc2C(=O)O)ccc1F. The maximum Gasteiger partial charge on any atom is 0.339 e. The van der Waals surface area contributed by atoms with Gasteiger partial charge in [0.05, 0.1) is 19.9 Å². The van der Waals surface area contributed by atoms with Gasteiger partial charge in [0.2, 0.25) is 0 Å². The Labute approximate surface area is 108 Å². The zero-order chi connectivity index (χ0) is 13.8. The summed E-state index contributed by atoms with van der Waals surface area (Å²) >= 11 is 0. The average Bonchev–Trinajstić information content (AvgIpc) is 2.86. The van der Waals surface area contributed by atoms with E-state index in [2.05, 4.69) is 5.32 Å².